The molecule has 25 heavy (non-hydrogen) atoms. The van der Waals surface area contributed by atoms with Crippen LogP contribution in [0, 0.1) is 0 Å². The fraction of sp³-hybridized carbons (Fsp3) is 0.316. The van der Waals surface area contributed by atoms with E-state index in [0.29, 0.717) is 6.42 Å². The van der Waals surface area contributed by atoms with E-state index >= 15 is 0 Å². The third-order valence-electron chi connectivity index (χ3n) is 4.65. The first-order chi connectivity index (χ1) is 11.9. The molecule has 0 saturated heterocycles. The Morgan fingerprint density at radius 2 is 1.96 bits per heavy atom. The predicted octanol–water partition coefficient (Wildman–Crippen LogP) is 3.23. The van der Waals surface area contributed by atoms with Crippen molar-refractivity contribution in [1.82, 2.24) is 4.72 Å². The van der Waals surface area contributed by atoms with Crippen LogP contribution in [-0.2, 0) is 21.2 Å². The second-order valence-electron chi connectivity index (χ2n) is 6.48. The zero-order valence-corrected chi connectivity index (χ0v) is 14.8. The van der Waals surface area contributed by atoms with Crippen LogP contribution in [0.1, 0.15) is 48.4 Å². The smallest absolute Gasteiger partial charge is 0.303 e. The molecule has 132 valence electrons. The number of nitrogens with one attached hydrogen (secondary N) is 1. The van der Waals surface area contributed by atoms with E-state index < -0.39 is 16.0 Å². The van der Waals surface area contributed by atoms with Crippen LogP contribution in [0.3, 0.4) is 0 Å². The minimum absolute atomic E-state index is 0.0668. The first-order valence-corrected chi connectivity index (χ1v) is 9.77. The largest absolute Gasteiger partial charge is 0.481 e. The zero-order valence-electron chi connectivity index (χ0n) is 14.0. The first-order valence-electron chi connectivity index (χ1n) is 8.29. The molecule has 3 rings (SSSR count). The number of benzene rings is 2. The molecule has 2 aromatic rings. The highest BCUT2D eigenvalue weighted by Gasteiger charge is 2.28. The van der Waals surface area contributed by atoms with Gasteiger partial charge in [0.05, 0.1) is 11.3 Å². The van der Waals surface area contributed by atoms with Crippen LogP contribution in [-0.4, -0.2) is 19.5 Å². The number of hydrogen-bond acceptors (Lipinski definition) is 3. The number of fused-ring (bicyclic) bond motifs is 1. The van der Waals surface area contributed by atoms with Crippen molar-refractivity contribution in [1.29, 1.82) is 0 Å². The van der Waals surface area contributed by atoms with Crippen molar-refractivity contribution in [3.63, 3.8) is 0 Å². The number of hydrogen-bond donors (Lipinski definition) is 2. The van der Waals surface area contributed by atoms with Crippen molar-refractivity contribution in [3.05, 3.63) is 65.2 Å². The molecule has 2 aromatic carbocycles. The van der Waals surface area contributed by atoms with Crippen LogP contribution in [0.2, 0.25) is 0 Å². The summed E-state index contributed by atoms with van der Waals surface area (Å²) in [5.41, 5.74) is 3.05. The van der Waals surface area contributed by atoms with Crippen LogP contribution in [0.5, 0.6) is 0 Å². The van der Waals surface area contributed by atoms with Gasteiger partial charge in [0.15, 0.2) is 0 Å². The van der Waals surface area contributed by atoms with Crippen molar-refractivity contribution in [3.8, 4) is 0 Å². The lowest BCUT2D eigenvalue weighted by Crippen LogP contribution is -2.27. The summed E-state index contributed by atoms with van der Waals surface area (Å²) in [7, 11) is -3.56. The van der Waals surface area contributed by atoms with Gasteiger partial charge >= 0.3 is 5.97 Å². The summed E-state index contributed by atoms with van der Waals surface area (Å²) in [5.74, 6) is -0.885. The molecule has 5 nitrogen and oxygen atoms in total. The molecular weight excluding hydrogens is 338 g/mol. The monoisotopic (exact) mass is 359 g/mol. The molecule has 0 aliphatic heterocycles. The van der Waals surface area contributed by atoms with Gasteiger partial charge in [0.1, 0.15) is 0 Å². The summed E-state index contributed by atoms with van der Waals surface area (Å²) in [6.07, 6.45) is 1.58. The topological polar surface area (TPSA) is 83.5 Å². The van der Waals surface area contributed by atoms with E-state index in [-0.39, 0.29) is 23.3 Å². The molecule has 0 amide bonds. The Hall–Kier alpha value is -2.18. The van der Waals surface area contributed by atoms with Gasteiger partial charge in [0.2, 0.25) is 10.0 Å². The second-order valence-corrected chi connectivity index (χ2v) is 8.20. The van der Waals surface area contributed by atoms with E-state index in [4.69, 9.17) is 5.11 Å². The Labute approximate surface area is 147 Å². The van der Waals surface area contributed by atoms with Crippen molar-refractivity contribution in [2.24, 2.45) is 0 Å². The third-order valence-corrected chi connectivity index (χ3v) is 6.13. The van der Waals surface area contributed by atoms with Crippen LogP contribution in [0.25, 0.3) is 0 Å². The summed E-state index contributed by atoms with van der Waals surface area (Å²) in [5, 5.41) is 8.94. The zero-order chi connectivity index (χ0) is 18.0. The molecule has 1 aliphatic carbocycles. The second kappa shape index (κ2) is 6.98. The summed E-state index contributed by atoms with van der Waals surface area (Å²) < 4.78 is 27.8. The lowest BCUT2D eigenvalue weighted by molar-refractivity contribution is -0.137. The summed E-state index contributed by atoms with van der Waals surface area (Å²) in [6.45, 7) is 1.89. The molecule has 2 unspecified atom stereocenters. The number of sulfonamides is 1. The minimum Gasteiger partial charge on any atom is -0.481 e. The summed E-state index contributed by atoms with van der Waals surface area (Å²) in [6, 6.07) is 13.9. The lowest BCUT2D eigenvalue weighted by atomic mass is 9.94. The average Bonchev–Trinajstić information content (AvgIpc) is 2.96. The number of carbonyl (C=O) groups is 1. The number of carboxylic acids is 1. The highest BCUT2D eigenvalue weighted by atomic mass is 32.2. The molecule has 0 saturated carbocycles. The molecule has 1 aliphatic rings. The number of aliphatic carboxylic acids is 1. The van der Waals surface area contributed by atoms with Crippen LogP contribution < -0.4 is 4.72 Å². The Bertz CT molecular complexity index is 878. The fourth-order valence-corrected chi connectivity index (χ4v) is 4.57. The molecule has 0 aromatic heterocycles. The van der Waals surface area contributed by atoms with E-state index in [9.17, 15) is 13.2 Å². The molecular formula is C19H21NO4S. The van der Waals surface area contributed by atoms with Gasteiger partial charge in [-0.15, -0.1) is 0 Å². The summed E-state index contributed by atoms with van der Waals surface area (Å²) >= 11 is 0. The highest BCUT2D eigenvalue weighted by molar-refractivity contribution is 7.89. The maximum Gasteiger partial charge on any atom is 0.303 e. The molecule has 6 heteroatoms. The van der Waals surface area contributed by atoms with Gasteiger partial charge in [-0.2, -0.15) is 0 Å². The molecule has 0 radical (unpaired) electrons. The molecule has 0 fully saturated rings. The van der Waals surface area contributed by atoms with Crippen LogP contribution in [0.15, 0.2) is 53.4 Å². The molecule has 0 bridgehead atoms. The van der Waals surface area contributed by atoms with Crippen molar-refractivity contribution in [2.75, 3.05) is 0 Å². The molecule has 2 N–H and O–H groups in total. The maximum atomic E-state index is 12.5. The number of rotatable bonds is 6. The minimum atomic E-state index is -3.56. The number of carboxylic acid groups (broad SMARTS) is 1. The number of aryl methyl sites for hydroxylation is 1. The fourth-order valence-electron chi connectivity index (χ4n) is 3.30. The Kier molecular flexibility index (Phi) is 4.92. The van der Waals surface area contributed by atoms with E-state index in [2.05, 4.69) is 4.72 Å². The van der Waals surface area contributed by atoms with Gasteiger partial charge in [-0.05, 0) is 47.6 Å². The Morgan fingerprint density at radius 3 is 2.64 bits per heavy atom. The summed E-state index contributed by atoms with van der Waals surface area (Å²) in [4.78, 5) is 11.1. The standard InChI is InChI=1S/C19H21NO4S/c1-13(11-19(21)22)14-7-9-17-15(12-14)8-10-18(17)20-25(23,24)16-5-3-2-4-6-16/h2-7,9,12-13,18,20H,8,10-11H2,1H3,(H,21,22). The van der Waals surface area contributed by atoms with Gasteiger partial charge in [-0.3, -0.25) is 4.79 Å². The lowest BCUT2D eigenvalue weighted by Gasteiger charge is -2.16. The normalized spacial score (nSPS) is 17.9. The van der Waals surface area contributed by atoms with Crippen molar-refractivity contribution < 1.29 is 18.3 Å². The molecule has 0 spiro atoms. The maximum absolute atomic E-state index is 12.5. The van der Waals surface area contributed by atoms with Crippen molar-refractivity contribution in [2.45, 2.75) is 43.0 Å². The van der Waals surface area contributed by atoms with E-state index in [0.717, 1.165) is 23.1 Å². The van der Waals surface area contributed by atoms with Gasteiger partial charge in [-0.1, -0.05) is 43.3 Å². The van der Waals surface area contributed by atoms with E-state index in [1.165, 1.54) is 0 Å². The quantitative estimate of drug-likeness (QED) is 0.829. The Balaban J connectivity index is 1.80. The van der Waals surface area contributed by atoms with Gasteiger partial charge < -0.3 is 5.11 Å². The third kappa shape index (κ3) is 3.91. The molecule has 0 heterocycles. The van der Waals surface area contributed by atoms with Gasteiger partial charge in [0.25, 0.3) is 0 Å². The van der Waals surface area contributed by atoms with E-state index in [1.54, 1.807) is 30.3 Å². The van der Waals surface area contributed by atoms with Gasteiger partial charge in [-0.25, -0.2) is 13.1 Å². The average molecular weight is 359 g/mol. The van der Waals surface area contributed by atoms with E-state index in [1.807, 2.05) is 25.1 Å². The van der Waals surface area contributed by atoms with Crippen LogP contribution >= 0.6 is 0 Å². The van der Waals surface area contributed by atoms with Gasteiger partial charge in [0, 0.05) is 6.04 Å². The molecule has 2 atom stereocenters. The van der Waals surface area contributed by atoms with Crippen molar-refractivity contribution >= 4 is 16.0 Å². The highest BCUT2D eigenvalue weighted by Crippen LogP contribution is 2.34. The van der Waals surface area contributed by atoms with Crippen LogP contribution in [0.4, 0.5) is 0 Å². The SMILES string of the molecule is CC(CC(=O)O)c1ccc2c(c1)CCC2NS(=O)(=O)c1ccccc1. The first kappa shape index (κ1) is 17.6. The Morgan fingerprint density at radius 1 is 1.24 bits per heavy atom. The predicted molar refractivity (Wildman–Crippen MR) is 94.9 cm³/mol.